The quantitative estimate of drug-likeness (QED) is 0.695. The smallest absolute Gasteiger partial charge is 0.252 e. The number of nitrogens with two attached hydrogens (primary N) is 1. The first-order valence-electron chi connectivity index (χ1n) is 9.88. The molecular formula is C23H26N2O3. The number of hydrogen-bond acceptors (Lipinski definition) is 4. The van der Waals surface area contributed by atoms with E-state index in [1.807, 2.05) is 42.5 Å². The molecule has 1 fully saturated rings. The number of carbonyl (C=O) groups is 1. The van der Waals surface area contributed by atoms with Gasteiger partial charge in [-0.2, -0.15) is 0 Å². The average molecular weight is 378 g/mol. The number of primary amides is 1. The van der Waals surface area contributed by atoms with Gasteiger partial charge in [-0.1, -0.05) is 30.3 Å². The Balaban J connectivity index is 1.82. The zero-order valence-corrected chi connectivity index (χ0v) is 16.2. The molecule has 5 nitrogen and oxygen atoms in total. The summed E-state index contributed by atoms with van der Waals surface area (Å²) in [5, 5.41) is 4.28. The number of carbonyl (C=O) groups excluding carboxylic acids is 1. The van der Waals surface area contributed by atoms with Crippen LogP contribution in [0.25, 0.3) is 11.0 Å². The Morgan fingerprint density at radius 1 is 1.18 bits per heavy atom. The molecule has 5 heteroatoms. The molecule has 1 unspecified atom stereocenters. The van der Waals surface area contributed by atoms with Crippen LogP contribution in [0.1, 0.15) is 52.4 Å². The van der Waals surface area contributed by atoms with E-state index in [0.717, 1.165) is 54.6 Å². The third-order valence-corrected chi connectivity index (χ3v) is 5.50. The van der Waals surface area contributed by atoms with E-state index >= 15 is 0 Å². The number of nitrogens with one attached hydrogen (secondary N) is 1. The molecule has 0 radical (unpaired) electrons. The maximum atomic E-state index is 12.2. The second-order valence-electron chi connectivity index (χ2n) is 7.40. The largest absolute Gasteiger partial charge is 0.489 e. The summed E-state index contributed by atoms with van der Waals surface area (Å²) < 4.78 is 12.1. The van der Waals surface area contributed by atoms with E-state index in [1.165, 1.54) is 0 Å². The Hall–Kier alpha value is -2.79. The summed E-state index contributed by atoms with van der Waals surface area (Å²) in [7, 11) is 0. The van der Waals surface area contributed by atoms with Crippen molar-refractivity contribution in [2.75, 3.05) is 13.1 Å². The zero-order chi connectivity index (χ0) is 19.5. The van der Waals surface area contributed by atoms with E-state index in [-0.39, 0.29) is 0 Å². The van der Waals surface area contributed by atoms with Gasteiger partial charge < -0.3 is 20.2 Å². The number of furan rings is 1. The van der Waals surface area contributed by atoms with Crippen molar-refractivity contribution < 1.29 is 13.9 Å². The Kier molecular flexibility index (Phi) is 5.35. The van der Waals surface area contributed by atoms with E-state index in [0.29, 0.717) is 29.4 Å². The molecular weight excluding hydrogens is 352 g/mol. The summed E-state index contributed by atoms with van der Waals surface area (Å²) in [6.45, 7) is 4.23. The molecule has 146 valence electrons. The van der Waals surface area contributed by atoms with E-state index in [4.69, 9.17) is 14.9 Å². The van der Waals surface area contributed by atoms with Crippen molar-refractivity contribution in [3.8, 4) is 5.75 Å². The lowest BCUT2D eigenvalue weighted by molar-refractivity contribution is 0.1000. The predicted molar refractivity (Wildman–Crippen MR) is 110 cm³/mol. The Labute approximate surface area is 164 Å². The van der Waals surface area contributed by atoms with Gasteiger partial charge in [-0.25, -0.2) is 0 Å². The van der Waals surface area contributed by atoms with Gasteiger partial charge in [0, 0.05) is 10.9 Å². The fraction of sp³-hybridized carbons (Fsp3) is 0.348. The van der Waals surface area contributed by atoms with Crippen molar-refractivity contribution in [3.05, 3.63) is 64.9 Å². The van der Waals surface area contributed by atoms with Crippen LogP contribution in [0.4, 0.5) is 0 Å². The lowest BCUT2D eigenvalue weighted by atomic mass is 9.87. The Bertz CT molecular complexity index is 970. The molecule has 2 aromatic carbocycles. The fourth-order valence-corrected chi connectivity index (χ4v) is 4.19. The minimum Gasteiger partial charge on any atom is -0.489 e. The lowest BCUT2D eigenvalue weighted by Crippen LogP contribution is -2.15. The number of ether oxygens (including phenoxy) is 1. The van der Waals surface area contributed by atoms with Crippen LogP contribution in [0.5, 0.6) is 5.75 Å². The van der Waals surface area contributed by atoms with Gasteiger partial charge in [-0.15, -0.1) is 0 Å². The summed E-state index contributed by atoms with van der Waals surface area (Å²) in [6, 6.07) is 13.9. The van der Waals surface area contributed by atoms with Crippen molar-refractivity contribution >= 4 is 16.9 Å². The molecule has 1 aliphatic rings. The molecule has 3 aromatic rings. The van der Waals surface area contributed by atoms with E-state index < -0.39 is 5.91 Å². The molecule has 1 aromatic heterocycles. The van der Waals surface area contributed by atoms with Gasteiger partial charge in [-0.3, -0.25) is 4.79 Å². The number of aryl methyl sites for hydroxylation is 1. The standard InChI is InChI=1S/C23H26N2O3/c1-15-20(23(24)26)22-19(28-15)10-9-18(27-14-16-6-3-2-4-7-16)21(22)17-8-5-12-25-13-11-17/h2-4,6-7,9-10,17,25H,5,8,11-14H2,1H3,(H2,24,26). The van der Waals surface area contributed by atoms with E-state index in [9.17, 15) is 4.79 Å². The summed E-state index contributed by atoms with van der Waals surface area (Å²) in [4.78, 5) is 12.2. The monoisotopic (exact) mass is 378 g/mol. The van der Waals surface area contributed by atoms with Gasteiger partial charge in [0.25, 0.3) is 5.91 Å². The van der Waals surface area contributed by atoms with Gasteiger partial charge in [0.05, 0.1) is 5.56 Å². The predicted octanol–water partition coefficient (Wildman–Crippen LogP) is 4.28. The van der Waals surface area contributed by atoms with Gasteiger partial charge in [0.2, 0.25) is 0 Å². The highest BCUT2D eigenvalue weighted by atomic mass is 16.5. The summed E-state index contributed by atoms with van der Waals surface area (Å²) in [5.41, 5.74) is 9.06. The average Bonchev–Trinajstić information content (AvgIpc) is 2.85. The molecule has 1 saturated heterocycles. The number of benzene rings is 2. The highest BCUT2D eigenvalue weighted by Gasteiger charge is 2.27. The van der Waals surface area contributed by atoms with Gasteiger partial charge in [-0.05, 0) is 62.9 Å². The molecule has 3 N–H and O–H groups in total. The van der Waals surface area contributed by atoms with Crippen LogP contribution in [0.15, 0.2) is 46.9 Å². The Morgan fingerprint density at radius 2 is 2.00 bits per heavy atom. The molecule has 1 aliphatic heterocycles. The summed E-state index contributed by atoms with van der Waals surface area (Å²) >= 11 is 0. The van der Waals surface area contributed by atoms with E-state index in [1.54, 1.807) is 6.92 Å². The van der Waals surface area contributed by atoms with Crippen molar-refractivity contribution in [1.82, 2.24) is 5.32 Å². The maximum absolute atomic E-state index is 12.2. The van der Waals surface area contributed by atoms with Crippen LogP contribution in [-0.4, -0.2) is 19.0 Å². The lowest BCUT2D eigenvalue weighted by Gasteiger charge is -2.20. The first-order valence-corrected chi connectivity index (χ1v) is 9.88. The van der Waals surface area contributed by atoms with Gasteiger partial charge >= 0.3 is 0 Å². The van der Waals surface area contributed by atoms with Gasteiger partial charge in [0.1, 0.15) is 23.7 Å². The first kappa shape index (κ1) is 18.6. The third-order valence-electron chi connectivity index (χ3n) is 5.50. The molecule has 0 bridgehead atoms. The van der Waals surface area contributed by atoms with Crippen LogP contribution in [0, 0.1) is 6.92 Å². The van der Waals surface area contributed by atoms with Crippen molar-refractivity contribution in [2.24, 2.45) is 5.73 Å². The normalized spacial score (nSPS) is 17.4. The summed E-state index contributed by atoms with van der Waals surface area (Å²) in [5.74, 6) is 1.21. The molecule has 2 heterocycles. The molecule has 0 spiro atoms. The molecule has 28 heavy (non-hydrogen) atoms. The van der Waals surface area contributed by atoms with Crippen LogP contribution < -0.4 is 15.8 Å². The third kappa shape index (κ3) is 3.62. The minimum atomic E-state index is -0.454. The van der Waals surface area contributed by atoms with Crippen molar-refractivity contribution in [3.63, 3.8) is 0 Å². The molecule has 0 saturated carbocycles. The number of hydrogen-bond donors (Lipinski definition) is 2. The number of amides is 1. The first-order chi connectivity index (χ1) is 13.6. The highest BCUT2D eigenvalue weighted by Crippen LogP contribution is 2.42. The zero-order valence-electron chi connectivity index (χ0n) is 16.2. The Morgan fingerprint density at radius 3 is 2.79 bits per heavy atom. The van der Waals surface area contributed by atoms with Crippen molar-refractivity contribution in [2.45, 2.75) is 38.7 Å². The summed E-state index contributed by atoms with van der Waals surface area (Å²) in [6.07, 6.45) is 3.11. The topological polar surface area (TPSA) is 77.5 Å². The van der Waals surface area contributed by atoms with Gasteiger partial charge in [0.15, 0.2) is 0 Å². The maximum Gasteiger partial charge on any atom is 0.252 e. The number of fused-ring (bicyclic) bond motifs is 1. The molecule has 4 rings (SSSR count). The van der Waals surface area contributed by atoms with Crippen LogP contribution in [-0.2, 0) is 6.61 Å². The minimum absolute atomic E-state index is 0.291. The second kappa shape index (κ2) is 8.07. The SMILES string of the molecule is Cc1oc2ccc(OCc3ccccc3)c(C3CCCNCC3)c2c1C(N)=O. The highest BCUT2D eigenvalue weighted by molar-refractivity contribution is 6.08. The van der Waals surface area contributed by atoms with Crippen molar-refractivity contribution in [1.29, 1.82) is 0 Å². The fourth-order valence-electron chi connectivity index (χ4n) is 4.19. The van der Waals surface area contributed by atoms with Crippen LogP contribution >= 0.6 is 0 Å². The van der Waals surface area contributed by atoms with E-state index in [2.05, 4.69) is 5.32 Å². The molecule has 1 atom stereocenters. The molecule has 1 amide bonds. The molecule has 0 aliphatic carbocycles. The number of rotatable bonds is 5. The second-order valence-corrected chi connectivity index (χ2v) is 7.40. The van der Waals surface area contributed by atoms with Crippen LogP contribution in [0.2, 0.25) is 0 Å². The van der Waals surface area contributed by atoms with Crippen LogP contribution in [0.3, 0.4) is 0 Å².